The van der Waals surface area contributed by atoms with Crippen LogP contribution in [0.5, 0.6) is 0 Å². The van der Waals surface area contributed by atoms with Gasteiger partial charge in [-0.1, -0.05) is 255 Å². The second-order valence-corrected chi connectivity index (χ2v) is 27.4. The highest BCUT2D eigenvalue weighted by Crippen LogP contribution is 2.46. The van der Waals surface area contributed by atoms with Crippen LogP contribution in [0.2, 0.25) is 0 Å². The van der Waals surface area contributed by atoms with Gasteiger partial charge in [0, 0.05) is 83.1 Å². The molecule has 0 saturated carbocycles. The minimum absolute atomic E-state index is 0.800. The zero-order valence-corrected chi connectivity index (χ0v) is 53.9. The van der Waals surface area contributed by atoms with Crippen molar-refractivity contribution in [3.8, 4) is 67.8 Å². The highest BCUT2D eigenvalue weighted by molar-refractivity contribution is 7.85. The highest BCUT2D eigenvalue weighted by Gasteiger charge is 2.30. The molecule has 19 aromatic rings. The van der Waals surface area contributed by atoms with Crippen molar-refractivity contribution in [2.24, 2.45) is 0 Å². The van der Waals surface area contributed by atoms with E-state index in [9.17, 15) is 0 Å². The molecular weight excluding hydrogens is 1210 g/mol. The fourth-order valence-electron chi connectivity index (χ4n) is 14.3. The molecule has 0 aliphatic heterocycles. The first kappa shape index (κ1) is 57.9. The maximum absolute atomic E-state index is 15.1. The summed E-state index contributed by atoms with van der Waals surface area (Å²) in [7, 11) is -3.10. The Morgan fingerprint density at radius 1 is 0.265 bits per heavy atom. The molecular formula is C89H58N7OP. The van der Waals surface area contributed by atoms with Crippen LogP contribution in [0.4, 0.5) is 0 Å². The van der Waals surface area contributed by atoms with Gasteiger partial charge < -0.3 is 13.7 Å². The van der Waals surface area contributed by atoms with Crippen LogP contribution in [0.3, 0.4) is 0 Å². The van der Waals surface area contributed by atoms with Gasteiger partial charge in [0.25, 0.3) is 0 Å². The molecule has 0 saturated heterocycles. The predicted molar refractivity (Wildman–Crippen MR) is 407 cm³/mol. The summed E-state index contributed by atoms with van der Waals surface area (Å²) in [6.45, 7) is 0. The standard InChI is InChI=1S/C46H29N5.C43H29N2OP/c1-2-12-33-27-35(24-23-30(33)11-1)51-43-18-6-4-14-37(43)44-45(50-38-15-5-3-13-36(38)46(44)51)32-21-19-31(20-22-32)34-28-41(39-16-7-9-25-47-39)49-42(29-34)40-17-8-10-26-48-40;46-47(34-15-3-1-4-16-34,35-17-5-2-6-18-35)36-27-24-31(25-28-36)42-41-38-20-10-12-22-40(38)45(43(41)37-19-9-11-21-39(37)44-42)33-26-23-30-13-7-8-14-32(30)29-33/h1-29H;1-29H. The van der Waals surface area contributed by atoms with E-state index in [1.807, 2.05) is 115 Å². The molecule has 0 aliphatic rings. The van der Waals surface area contributed by atoms with Crippen LogP contribution in [0.15, 0.2) is 352 Å². The first-order valence-electron chi connectivity index (χ1n) is 32.9. The van der Waals surface area contributed by atoms with Gasteiger partial charge in [-0.2, -0.15) is 0 Å². The average molecular weight is 1270 g/mol. The van der Waals surface area contributed by atoms with Crippen LogP contribution in [-0.4, -0.2) is 34.1 Å². The van der Waals surface area contributed by atoms with Gasteiger partial charge in [0.05, 0.1) is 67.3 Å². The van der Waals surface area contributed by atoms with E-state index in [2.05, 4.69) is 244 Å². The van der Waals surface area contributed by atoms with E-state index in [0.29, 0.717) is 0 Å². The van der Waals surface area contributed by atoms with Gasteiger partial charge in [0.15, 0.2) is 7.14 Å². The number of hydrogen-bond acceptors (Lipinski definition) is 6. The summed E-state index contributed by atoms with van der Waals surface area (Å²) < 4.78 is 19.9. The topological polar surface area (TPSA) is 91.4 Å². The average Bonchev–Trinajstić information content (AvgIpc) is 1.56. The maximum atomic E-state index is 15.1. The molecule has 0 unspecified atom stereocenters. The van der Waals surface area contributed by atoms with Gasteiger partial charge in [-0.3, -0.25) is 9.97 Å². The maximum Gasteiger partial charge on any atom is 0.171 e. The Balaban J connectivity index is 0.000000143. The number of nitrogens with zero attached hydrogens (tertiary/aromatic N) is 7. The lowest BCUT2D eigenvalue weighted by atomic mass is 9.98. The van der Waals surface area contributed by atoms with Gasteiger partial charge in [-0.15, -0.1) is 0 Å². The number of fused-ring (bicyclic) bond motifs is 12. The normalized spacial score (nSPS) is 11.7. The lowest BCUT2D eigenvalue weighted by Gasteiger charge is -2.20. The molecule has 0 aliphatic carbocycles. The third kappa shape index (κ3) is 10.0. The molecule has 0 bridgehead atoms. The summed E-state index contributed by atoms with van der Waals surface area (Å²) in [5.41, 5.74) is 18.0. The lowest BCUT2D eigenvalue weighted by molar-refractivity contribution is 0.592. The zero-order chi connectivity index (χ0) is 65.1. The highest BCUT2D eigenvalue weighted by atomic mass is 31.2. The van der Waals surface area contributed by atoms with Crippen LogP contribution >= 0.6 is 7.14 Å². The van der Waals surface area contributed by atoms with Crippen molar-refractivity contribution in [2.45, 2.75) is 0 Å². The largest absolute Gasteiger partial charge is 0.309 e. The number of pyridine rings is 5. The van der Waals surface area contributed by atoms with Crippen LogP contribution in [0.1, 0.15) is 0 Å². The quantitative estimate of drug-likeness (QED) is 0.127. The molecule has 7 aromatic heterocycles. The van der Waals surface area contributed by atoms with Crippen molar-refractivity contribution < 1.29 is 4.57 Å². The minimum Gasteiger partial charge on any atom is -0.309 e. The van der Waals surface area contributed by atoms with Crippen molar-refractivity contribution in [2.75, 3.05) is 0 Å². The van der Waals surface area contributed by atoms with Crippen molar-refractivity contribution in [3.63, 3.8) is 0 Å². The molecule has 7 heterocycles. The van der Waals surface area contributed by atoms with E-state index in [1.165, 1.54) is 26.9 Å². The third-order valence-electron chi connectivity index (χ3n) is 18.9. The van der Waals surface area contributed by atoms with E-state index in [4.69, 9.17) is 15.0 Å². The Kier molecular flexibility index (Phi) is 14.3. The van der Waals surface area contributed by atoms with Crippen LogP contribution in [-0.2, 0) is 4.57 Å². The Morgan fingerprint density at radius 3 is 1.10 bits per heavy atom. The van der Waals surface area contributed by atoms with Gasteiger partial charge in [0.2, 0.25) is 0 Å². The molecule has 0 spiro atoms. The predicted octanol–water partition coefficient (Wildman–Crippen LogP) is 21.1. The Labute approximate surface area is 565 Å². The van der Waals surface area contributed by atoms with Gasteiger partial charge >= 0.3 is 0 Å². The van der Waals surface area contributed by atoms with E-state index in [1.54, 1.807) is 12.4 Å². The molecule has 12 aromatic carbocycles. The number of benzene rings is 12. The van der Waals surface area contributed by atoms with Crippen molar-refractivity contribution in [1.29, 1.82) is 0 Å². The second-order valence-electron chi connectivity index (χ2n) is 24.6. The molecule has 8 nitrogen and oxygen atoms in total. The Bertz CT molecular complexity index is 6220. The fourth-order valence-corrected chi connectivity index (χ4v) is 17.0. The molecule has 0 radical (unpaired) electrons. The van der Waals surface area contributed by atoms with Gasteiger partial charge in [0.1, 0.15) is 0 Å². The Hall–Kier alpha value is -12.7. The molecule has 0 fully saturated rings. The van der Waals surface area contributed by atoms with Crippen molar-refractivity contribution in [3.05, 3.63) is 352 Å². The summed E-state index contributed by atoms with van der Waals surface area (Å²) in [6, 6.07) is 117. The monoisotopic (exact) mass is 1270 g/mol. The molecule has 98 heavy (non-hydrogen) atoms. The van der Waals surface area contributed by atoms with E-state index >= 15 is 4.57 Å². The third-order valence-corrected chi connectivity index (χ3v) is 22.0. The summed E-state index contributed by atoms with van der Waals surface area (Å²) >= 11 is 0. The fraction of sp³-hybridized carbons (Fsp3) is 0. The van der Waals surface area contributed by atoms with E-state index in [-0.39, 0.29) is 0 Å². The molecule has 460 valence electrons. The van der Waals surface area contributed by atoms with Crippen molar-refractivity contribution in [1.82, 2.24) is 34.1 Å². The first-order valence-corrected chi connectivity index (χ1v) is 34.6. The molecule has 9 heteroatoms. The zero-order valence-electron chi connectivity index (χ0n) is 53.0. The van der Waals surface area contributed by atoms with Gasteiger partial charge in [-0.05, 0) is 118 Å². The van der Waals surface area contributed by atoms with Crippen LogP contribution < -0.4 is 15.9 Å². The molecule has 19 rings (SSSR count). The molecule has 0 N–H and O–H groups in total. The van der Waals surface area contributed by atoms with Gasteiger partial charge in [-0.25, -0.2) is 15.0 Å². The second kappa shape index (κ2) is 24.2. The smallest absolute Gasteiger partial charge is 0.171 e. The minimum atomic E-state index is -3.10. The molecule has 0 atom stereocenters. The number of rotatable bonds is 10. The van der Waals surface area contributed by atoms with E-state index < -0.39 is 7.14 Å². The SMILES string of the molecule is O=P(c1ccccc1)(c1ccccc1)c1ccc(-c2nc3ccccc3c3c2c2ccccc2n3-c2ccc3ccccc3c2)cc1.c1ccc(-c2cc(-c3ccc(-c4nc5ccccc5c5c4c4ccccc4n5-c4ccc5ccccc5c4)cc3)cc(-c3ccccn3)n2)nc1. The van der Waals surface area contributed by atoms with Crippen molar-refractivity contribution >= 4 is 110 Å². The molecule has 0 amide bonds. The van der Waals surface area contributed by atoms with E-state index in [0.717, 1.165) is 144 Å². The van der Waals surface area contributed by atoms with Crippen LogP contribution in [0.25, 0.3) is 155 Å². The van der Waals surface area contributed by atoms with Crippen LogP contribution in [0, 0.1) is 0 Å². The number of hydrogen-bond donors (Lipinski definition) is 0. The summed E-state index contributed by atoms with van der Waals surface area (Å²) in [4.78, 5) is 24.8. The number of para-hydroxylation sites is 4. The first-order chi connectivity index (χ1) is 48.5. The summed E-state index contributed by atoms with van der Waals surface area (Å²) in [5.74, 6) is 0. The summed E-state index contributed by atoms with van der Waals surface area (Å²) in [6.07, 6.45) is 3.60. The summed E-state index contributed by atoms with van der Waals surface area (Å²) in [5, 5.41) is 14.1. The Morgan fingerprint density at radius 2 is 0.643 bits per heavy atom. The number of aromatic nitrogens is 7. The lowest BCUT2D eigenvalue weighted by Crippen LogP contribution is -2.24.